The first kappa shape index (κ1) is 19.1. The molecule has 1 aliphatic heterocycles. The molecule has 1 aliphatic carbocycles. The molecule has 3 nitrogen and oxygen atoms in total. The first-order valence-corrected chi connectivity index (χ1v) is 10.0. The van der Waals surface area contributed by atoms with Crippen molar-refractivity contribution in [2.75, 3.05) is 33.2 Å². The molecule has 2 aliphatic rings. The maximum absolute atomic E-state index is 13.8. The van der Waals surface area contributed by atoms with Gasteiger partial charge >= 0.3 is 0 Å². The Morgan fingerprint density at radius 2 is 2.12 bits per heavy atom. The average molecular weight is 359 g/mol. The molecule has 0 spiro atoms. The normalized spacial score (nSPS) is 21.3. The number of nitrogens with zero attached hydrogens (tertiary/aromatic N) is 2. The zero-order chi connectivity index (χ0) is 18.4. The second-order valence-electron chi connectivity index (χ2n) is 7.81. The van der Waals surface area contributed by atoms with Crippen LogP contribution in [-0.4, -0.2) is 48.9 Å². The Hall–Kier alpha value is -1.68. The van der Waals surface area contributed by atoms with E-state index in [-0.39, 0.29) is 11.7 Å². The Morgan fingerprint density at radius 1 is 1.27 bits per heavy atom. The minimum absolute atomic E-state index is 0.104. The summed E-state index contributed by atoms with van der Waals surface area (Å²) in [5, 5.41) is 0. The number of likely N-dealkylation sites (N-methyl/N-ethyl adjacent to an activating group) is 1. The fraction of sp³-hybridized carbons (Fsp3) is 0.591. The van der Waals surface area contributed by atoms with E-state index < -0.39 is 0 Å². The van der Waals surface area contributed by atoms with Crippen LogP contribution in [0.5, 0.6) is 0 Å². The van der Waals surface area contributed by atoms with Gasteiger partial charge in [-0.05, 0) is 69.0 Å². The van der Waals surface area contributed by atoms with Gasteiger partial charge in [0.2, 0.25) is 5.91 Å². The molecule has 0 bridgehead atoms. The lowest BCUT2D eigenvalue weighted by atomic mass is 9.95. The molecule has 1 fully saturated rings. The first-order valence-electron chi connectivity index (χ1n) is 10.0. The first-order chi connectivity index (χ1) is 12.6. The van der Waals surface area contributed by atoms with Crippen molar-refractivity contribution >= 4 is 5.91 Å². The summed E-state index contributed by atoms with van der Waals surface area (Å²) < 4.78 is 13.8. The van der Waals surface area contributed by atoms with Crippen LogP contribution in [0.15, 0.2) is 35.9 Å². The van der Waals surface area contributed by atoms with Crippen LogP contribution in [0.2, 0.25) is 0 Å². The topological polar surface area (TPSA) is 23.6 Å². The molecule has 1 aromatic rings. The molecule has 0 radical (unpaired) electrons. The van der Waals surface area contributed by atoms with Crippen LogP contribution >= 0.6 is 0 Å². The van der Waals surface area contributed by atoms with Crippen molar-refractivity contribution < 1.29 is 9.18 Å². The van der Waals surface area contributed by atoms with E-state index in [1.54, 1.807) is 6.07 Å². The van der Waals surface area contributed by atoms with Crippen LogP contribution in [0.1, 0.15) is 44.1 Å². The fourth-order valence-corrected chi connectivity index (χ4v) is 4.23. The molecule has 1 heterocycles. The Bertz CT molecular complexity index is 643. The Kier molecular flexibility index (Phi) is 6.84. The van der Waals surface area contributed by atoms with Gasteiger partial charge in [0.25, 0.3) is 0 Å². The largest absolute Gasteiger partial charge is 0.342 e. The number of rotatable bonds is 6. The van der Waals surface area contributed by atoms with E-state index >= 15 is 0 Å². The minimum atomic E-state index is -0.104. The van der Waals surface area contributed by atoms with Crippen LogP contribution in [0.4, 0.5) is 4.39 Å². The number of hydrogen-bond acceptors (Lipinski definition) is 2. The molecule has 3 rings (SSSR count). The zero-order valence-corrected chi connectivity index (χ0v) is 15.9. The molecule has 0 aromatic heterocycles. The number of benzene rings is 1. The van der Waals surface area contributed by atoms with Gasteiger partial charge in [0.1, 0.15) is 5.82 Å². The quantitative estimate of drug-likeness (QED) is 0.766. The highest BCUT2D eigenvalue weighted by Gasteiger charge is 2.24. The molecule has 0 N–H and O–H groups in total. The molecule has 0 saturated carbocycles. The van der Waals surface area contributed by atoms with Crippen LogP contribution in [0.3, 0.4) is 0 Å². The number of halogens is 1. The van der Waals surface area contributed by atoms with Crippen molar-refractivity contribution in [2.45, 2.75) is 44.9 Å². The third kappa shape index (κ3) is 5.16. The van der Waals surface area contributed by atoms with E-state index in [9.17, 15) is 9.18 Å². The smallest absolute Gasteiger partial charge is 0.249 e. The molecule has 1 saturated heterocycles. The lowest BCUT2D eigenvalue weighted by Crippen LogP contribution is -2.42. The molecular weight excluding hydrogens is 327 g/mol. The second kappa shape index (κ2) is 9.31. The minimum Gasteiger partial charge on any atom is -0.342 e. The summed E-state index contributed by atoms with van der Waals surface area (Å²) in [6.07, 6.45) is 9.54. The highest BCUT2D eigenvalue weighted by Crippen LogP contribution is 2.22. The monoisotopic (exact) mass is 358 g/mol. The van der Waals surface area contributed by atoms with Gasteiger partial charge in [-0.2, -0.15) is 0 Å². The van der Waals surface area contributed by atoms with E-state index in [1.807, 2.05) is 24.1 Å². The number of amides is 1. The van der Waals surface area contributed by atoms with Crippen molar-refractivity contribution in [1.82, 2.24) is 9.80 Å². The molecule has 26 heavy (non-hydrogen) atoms. The maximum Gasteiger partial charge on any atom is 0.249 e. The van der Waals surface area contributed by atoms with Gasteiger partial charge in [0.05, 0.1) is 0 Å². The Morgan fingerprint density at radius 3 is 2.88 bits per heavy atom. The van der Waals surface area contributed by atoms with Gasteiger partial charge in [-0.1, -0.05) is 24.3 Å². The summed E-state index contributed by atoms with van der Waals surface area (Å²) >= 11 is 0. The third-order valence-corrected chi connectivity index (χ3v) is 5.70. The summed E-state index contributed by atoms with van der Waals surface area (Å²) in [6, 6.07) is 7.05. The van der Waals surface area contributed by atoms with Gasteiger partial charge in [-0.15, -0.1) is 0 Å². The van der Waals surface area contributed by atoms with Gasteiger partial charge in [0.15, 0.2) is 0 Å². The second-order valence-corrected chi connectivity index (χ2v) is 7.81. The zero-order valence-electron chi connectivity index (χ0n) is 15.9. The van der Waals surface area contributed by atoms with E-state index in [0.717, 1.165) is 69.4 Å². The summed E-state index contributed by atoms with van der Waals surface area (Å²) in [5.41, 5.74) is 1.80. The van der Waals surface area contributed by atoms with E-state index in [1.165, 1.54) is 18.9 Å². The molecule has 1 atom stereocenters. The lowest BCUT2D eigenvalue weighted by Gasteiger charge is -2.35. The lowest BCUT2D eigenvalue weighted by molar-refractivity contribution is -0.126. The Labute approximate surface area is 156 Å². The number of likely N-dealkylation sites (tertiary alicyclic amines) is 1. The van der Waals surface area contributed by atoms with E-state index in [0.29, 0.717) is 5.92 Å². The third-order valence-electron chi connectivity index (χ3n) is 5.70. The number of allylic oxidation sites excluding steroid dienone is 1. The number of carbonyl (C=O) groups excluding carboxylic acids is 1. The summed E-state index contributed by atoms with van der Waals surface area (Å²) in [6.45, 7) is 3.80. The SMILES string of the molecule is CN(C[C@H]1CCCN(CCc2ccccc2F)C1)C(=O)C1=CCCCC1. The number of carbonyl (C=O) groups is 1. The maximum atomic E-state index is 13.8. The van der Waals surface area contributed by atoms with Crippen molar-refractivity contribution in [3.05, 3.63) is 47.3 Å². The highest BCUT2D eigenvalue weighted by atomic mass is 19.1. The molecule has 1 amide bonds. The van der Waals surface area contributed by atoms with Gasteiger partial charge in [-0.25, -0.2) is 4.39 Å². The summed E-state index contributed by atoms with van der Waals surface area (Å²) in [7, 11) is 1.94. The highest BCUT2D eigenvalue weighted by molar-refractivity contribution is 5.93. The standard InChI is InChI=1S/C22H31FN2O/c1-24(22(26)20-10-3-2-4-11-20)16-18-8-7-14-25(17-18)15-13-19-9-5-6-12-21(19)23/h5-6,9-10,12,18H,2-4,7-8,11,13-17H2,1H3/t18-/m1/s1. The molecule has 142 valence electrons. The molecule has 4 heteroatoms. The van der Waals surface area contributed by atoms with Gasteiger partial charge in [-0.3, -0.25) is 4.79 Å². The van der Waals surface area contributed by atoms with Crippen LogP contribution in [-0.2, 0) is 11.2 Å². The van der Waals surface area contributed by atoms with E-state index in [4.69, 9.17) is 0 Å². The van der Waals surface area contributed by atoms with Crippen molar-refractivity contribution in [3.63, 3.8) is 0 Å². The number of piperidine rings is 1. The van der Waals surface area contributed by atoms with Gasteiger partial charge in [0, 0.05) is 32.3 Å². The van der Waals surface area contributed by atoms with Crippen molar-refractivity contribution in [3.8, 4) is 0 Å². The number of hydrogen-bond donors (Lipinski definition) is 0. The summed E-state index contributed by atoms with van der Waals surface area (Å²) in [5.74, 6) is 0.628. The predicted molar refractivity (Wildman–Crippen MR) is 103 cm³/mol. The Balaban J connectivity index is 1.48. The van der Waals surface area contributed by atoms with Crippen molar-refractivity contribution in [1.29, 1.82) is 0 Å². The molecule has 0 unspecified atom stereocenters. The fourth-order valence-electron chi connectivity index (χ4n) is 4.23. The average Bonchev–Trinajstić information content (AvgIpc) is 2.68. The van der Waals surface area contributed by atoms with Crippen LogP contribution in [0, 0.1) is 11.7 Å². The van der Waals surface area contributed by atoms with Crippen molar-refractivity contribution in [2.24, 2.45) is 5.92 Å². The van der Waals surface area contributed by atoms with E-state index in [2.05, 4.69) is 11.0 Å². The van der Waals surface area contributed by atoms with Crippen LogP contribution in [0.25, 0.3) is 0 Å². The predicted octanol–water partition coefficient (Wildman–Crippen LogP) is 4.04. The molecule has 1 aromatic carbocycles. The summed E-state index contributed by atoms with van der Waals surface area (Å²) in [4.78, 5) is 17.0. The molecular formula is C22H31FN2O. The van der Waals surface area contributed by atoms with Crippen LogP contribution < -0.4 is 0 Å². The van der Waals surface area contributed by atoms with Gasteiger partial charge < -0.3 is 9.80 Å².